The molecule has 0 atom stereocenters. The Hall–Kier alpha value is -2.21. The highest BCUT2D eigenvalue weighted by Gasteiger charge is 2.20. The summed E-state index contributed by atoms with van der Waals surface area (Å²) in [5.41, 5.74) is 0.785. The number of rotatable bonds is 8. The minimum Gasteiger partial charge on any atom is -0.508 e. The molecule has 0 amide bonds. The number of carboxylic acids is 1. The number of phenolic OH excluding ortho intramolecular Hbond substituents is 1. The number of aromatic carboxylic acids is 1. The fourth-order valence-electron chi connectivity index (χ4n) is 2.40. The maximum atomic E-state index is 11.4. The standard InChI is InChI=1S/C19H21BrO5/c1-3-6-12-14(21)7-5-8-15(12)25-16-10-9-13(19(22)23)18(17(16)20)24-11-4-2/h5,7-10,21H,3-4,6,11H2,1-2H3,(H,22,23). The van der Waals surface area contributed by atoms with Crippen LogP contribution in [0.2, 0.25) is 0 Å². The van der Waals surface area contributed by atoms with Crippen molar-refractivity contribution in [3.63, 3.8) is 0 Å². The van der Waals surface area contributed by atoms with Gasteiger partial charge in [-0.25, -0.2) is 4.79 Å². The number of carbonyl (C=O) groups is 1. The average molecular weight is 409 g/mol. The molecule has 0 aliphatic carbocycles. The number of phenols is 1. The van der Waals surface area contributed by atoms with Crippen LogP contribution in [0.5, 0.6) is 23.0 Å². The maximum absolute atomic E-state index is 11.4. The molecule has 0 bridgehead atoms. The molecule has 0 fully saturated rings. The van der Waals surface area contributed by atoms with Crippen molar-refractivity contribution in [2.45, 2.75) is 33.1 Å². The average Bonchev–Trinajstić information content (AvgIpc) is 2.58. The molecule has 0 aliphatic heterocycles. The lowest BCUT2D eigenvalue weighted by Gasteiger charge is -2.16. The van der Waals surface area contributed by atoms with Gasteiger partial charge in [-0.1, -0.05) is 26.3 Å². The molecule has 0 aromatic heterocycles. The largest absolute Gasteiger partial charge is 0.508 e. The van der Waals surface area contributed by atoms with Gasteiger partial charge in [-0.2, -0.15) is 0 Å². The van der Waals surface area contributed by atoms with Gasteiger partial charge in [0, 0.05) is 5.56 Å². The second kappa shape index (κ2) is 8.76. The van der Waals surface area contributed by atoms with Crippen LogP contribution in [0.4, 0.5) is 0 Å². The molecule has 0 aliphatic rings. The van der Waals surface area contributed by atoms with Gasteiger partial charge < -0.3 is 19.7 Å². The van der Waals surface area contributed by atoms with Gasteiger partial charge in [0.2, 0.25) is 0 Å². The van der Waals surface area contributed by atoms with E-state index in [9.17, 15) is 15.0 Å². The molecule has 0 saturated carbocycles. The minimum atomic E-state index is -1.07. The number of benzene rings is 2. The van der Waals surface area contributed by atoms with E-state index in [1.54, 1.807) is 24.3 Å². The van der Waals surface area contributed by atoms with Crippen LogP contribution in [-0.2, 0) is 6.42 Å². The lowest BCUT2D eigenvalue weighted by atomic mass is 10.1. The van der Waals surface area contributed by atoms with E-state index in [4.69, 9.17) is 9.47 Å². The van der Waals surface area contributed by atoms with Gasteiger partial charge in [0.05, 0.1) is 6.61 Å². The predicted molar refractivity (Wildman–Crippen MR) is 99.1 cm³/mol. The zero-order valence-corrected chi connectivity index (χ0v) is 15.8. The van der Waals surface area contributed by atoms with Gasteiger partial charge in [0.25, 0.3) is 0 Å². The Morgan fingerprint density at radius 1 is 1.12 bits per heavy atom. The Morgan fingerprint density at radius 2 is 1.88 bits per heavy atom. The molecule has 5 nitrogen and oxygen atoms in total. The number of carboxylic acid groups (broad SMARTS) is 1. The van der Waals surface area contributed by atoms with Crippen molar-refractivity contribution >= 4 is 21.9 Å². The molecule has 134 valence electrons. The number of halogens is 1. The number of aromatic hydroxyl groups is 1. The summed E-state index contributed by atoms with van der Waals surface area (Å²) in [6, 6.07) is 8.13. The van der Waals surface area contributed by atoms with E-state index in [-0.39, 0.29) is 17.1 Å². The normalized spacial score (nSPS) is 10.5. The topological polar surface area (TPSA) is 76.0 Å². The van der Waals surface area contributed by atoms with E-state index in [1.165, 1.54) is 6.07 Å². The van der Waals surface area contributed by atoms with Gasteiger partial charge in [-0.15, -0.1) is 0 Å². The SMILES string of the molecule is CCCOc1c(C(=O)O)ccc(Oc2cccc(O)c2CCC)c1Br. The Kier molecular flexibility index (Phi) is 6.70. The third-order valence-corrected chi connectivity index (χ3v) is 4.32. The first kappa shape index (κ1) is 19.1. The van der Waals surface area contributed by atoms with Crippen molar-refractivity contribution in [2.24, 2.45) is 0 Å². The Bertz CT molecular complexity index is 758. The van der Waals surface area contributed by atoms with Crippen LogP contribution in [0, 0.1) is 0 Å². The highest BCUT2D eigenvalue weighted by molar-refractivity contribution is 9.10. The molecular weight excluding hydrogens is 388 g/mol. The summed E-state index contributed by atoms with van der Waals surface area (Å²) < 4.78 is 12.0. The number of ether oxygens (including phenoxy) is 2. The zero-order chi connectivity index (χ0) is 18.4. The third-order valence-electron chi connectivity index (χ3n) is 3.57. The first-order chi connectivity index (χ1) is 12.0. The molecule has 2 aromatic carbocycles. The molecule has 6 heteroatoms. The van der Waals surface area contributed by atoms with E-state index in [0.717, 1.165) is 18.4 Å². The summed E-state index contributed by atoms with van der Waals surface area (Å²) in [7, 11) is 0. The summed E-state index contributed by atoms with van der Waals surface area (Å²) in [6.45, 7) is 4.36. The number of hydrogen-bond donors (Lipinski definition) is 2. The smallest absolute Gasteiger partial charge is 0.339 e. The van der Waals surface area contributed by atoms with Crippen LogP contribution in [-0.4, -0.2) is 22.8 Å². The van der Waals surface area contributed by atoms with E-state index in [1.807, 2.05) is 13.8 Å². The van der Waals surface area contributed by atoms with Gasteiger partial charge in [-0.05, 0) is 53.0 Å². The summed E-state index contributed by atoms with van der Waals surface area (Å²) in [6.07, 6.45) is 2.29. The Balaban J connectivity index is 2.44. The molecule has 0 saturated heterocycles. The summed E-state index contributed by atoms with van der Waals surface area (Å²) in [5.74, 6) is 0.317. The zero-order valence-electron chi connectivity index (χ0n) is 14.2. The quantitative estimate of drug-likeness (QED) is 0.612. The van der Waals surface area contributed by atoms with Crippen molar-refractivity contribution in [1.82, 2.24) is 0 Å². The van der Waals surface area contributed by atoms with E-state index in [0.29, 0.717) is 29.0 Å². The molecular formula is C19H21BrO5. The van der Waals surface area contributed by atoms with Crippen molar-refractivity contribution in [3.05, 3.63) is 45.9 Å². The third kappa shape index (κ3) is 4.45. The fourth-order valence-corrected chi connectivity index (χ4v) is 2.94. The van der Waals surface area contributed by atoms with Gasteiger partial charge in [-0.3, -0.25) is 0 Å². The maximum Gasteiger partial charge on any atom is 0.339 e. The van der Waals surface area contributed by atoms with Crippen LogP contribution in [0.1, 0.15) is 42.6 Å². The first-order valence-corrected chi connectivity index (χ1v) is 8.96. The summed E-state index contributed by atoms with van der Waals surface area (Å²) in [5, 5.41) is 19.4. The molecule has 0 spiro atoms. The Labute approximate surface area is 155 Å². The highest BCUT2D eigenvalue weighted by atomic mass is 79.9. The van der Waals surface area contributed by atoms with Gasteiger partial charge in [0.1, 0.15) is 27.3 Å². The van der Waals surface area contributed by atoms with Crippen molar-refractivity contribution in [1.29, 1.82) is 0 Å². The van der Waals surface area contributed by atoms with Crippen molar-refractivity contribution < 1.29 is 24.5 Å². The van der Waals surface area contributed by atoms with Crippen molar-refractivity contribution in [3.8, 4) is 23.0 Å². The second-order valence-electron chi connectivity index (χ2n) is 5.51. The van der Waals surface area contributed by atoms with Crippen LogP contribution in [0.15, 0.2) is 34.8 Å². The lowest BCUT2D eigenvalue weighted by molar-refractivity contribution is 0.0692. The first-order valence-electron chi connectivity index (χ1n) is 8.16. The van der Waals surface area contributed by atoms with E-state index < -0.39 is 5.97 Å². The minimum absolute atomic E-state index is 0.0670. The molecule has 0 unspecified atom stereocenters. The lowest BCUT2D eigenvalue weighted by Crippen LogP contribution is -2.05. The van der Waals surface area contributed by atoms with Gasteiger partial charge in [0.15, 0.2) is 5.75 Å². The monoisotopic (exact) mass is 408 g/mol. The fraction of sp³-hybridized carbons (Fsp3) is 0.316. The van der Waals surface area contributed by atoms with Crippen LogP contribution < -0.4 is 9.47 Å². The molecule has 0 heterocycles. The van der Waals surface area contributed by atoms with Crippen LogP contribution >= 0.6 is 15.9 Å². The number of hydrogen-bond acceptors (Lipinski definition) is 4. The molecule has 0 radical (unpaired) electrons. The van der Waals surface area contributed by atoms with E-state index >= 15 is 0 Å². The summed E-state index contributed by atoms with van der Waals surface area (Å²) >= 11 is 3.39. The second-order valence-corrected chi connectivity index (χ2v) is 6.31. The van der Waals surface area contributed by atoms with Crippen LogP contribution in [0.3, 0.4) is 0 Å². The molecule has 2 rings (SSSR count). The van der Waals surface area contributed by atoms with Gasteiger partial charge >= 0.3 is 5.97 Å². The predicted octanol–water partition coefficient (Wildman–Crippen LogP) is 5.39. The van der Waals surface area contributed by atoms with Crippen molar-refractivity contribution in [2.75, 3.05) is 6.61 Å². The molecule has 25 heavy (non-hydrogen) atoms. The molecule has 2 aromatic rings. The van der Waals surface area contributed by atoms with E-state index in [2.05, 4.69) is 15.9 Å². The molecule has 2 N–H and O–H groups in total. The summed E-state index contributed by atoms with van der Waals surface area (Å²) in [4.78, 5) is 11.4. The van der Waals surface area contributed by atoms with Crippen LogP contribution in [0.25, 0.3) is 0 Å². The highest BCUT2D eigenvalue weighted by Crippen LogP contribution is 2.41. The Morgan fingerprint density at radius 3 is 2.52 bits per heavy atom.